The van der Waals surface area contributed by atoms with Crippen molar-refractivity contribution in [2.45, 2.75) is 6.42 Å². The summed E-state index contributed by atoms with van der Waals surface area (Å²) in [7, 11) is 1.72. The van der Waals surface area contributed by atoms with Crippen LogP contribution in [0.25, 0.3) is 10.8 Å². The van der Waals surface area contributed by atoms with E-state index in [2.05, 4.69) is 11.2 Å². The van der Waals surface area contributed by atoms with Crippen LogP contribution in [0.4, 0.5) is 0 Å². The second kappa shape index (κ2) is 5.10. The van der Waals surface area contributed by atoms with Gasteiger partial charge < -0.3 is 0 Å². The van der Waals surface area contributed by atoms with Crippen molar-refractivity contribution in [3.63, 3.8) is 0 Å². The molecule has 2 aromatic carbocycles. The Morgan fingerprint density at radius 1 is 1.20 bits per heavy atom. The lowest BCUT2D eigenvalue weighted by Gasteiger charge is -2.04. The van der Waals surface area contributed by atoms with Gasteiger partial charge in [0.25, 0.3) is 0 Å². The Kier molecular flexibility index (Phi) is 3.28. The number of aromatic nitrogens is 2. The molecule has 0 aliphatic rings. The predicted octanol–water partition coefficient (Wildman–Crippen LogP) is 3.65. The van der Waals surface area contributed by atoms with Crippen LogP contribution in [0.1, 0.15) is 16.1 Å². The summed E-state index contributed by atoms with van der Waals surface area (Å²) >= 11 is 6.00. The molecule has 0 atom stereocenters. The topological polar surface area (TPSA) is 34.9 Å². The van der Waals surface area contributed by atoms with Gasteiger partial charge in [-0.15, -0.1) is 0 Å². The Balaban J connectivity index is 1.91. The molecule has 0 aliphatic carbocycles. The van der Waals surface area contributed by atoms with Gasteiger partial charge in [-0.25, -0.2) is 0 Å². The standard InChI is InChI=1S/C16H13ClN2O/c1-19-16(14(17)10-18-19)15(20)9-11-6-7-12-4-2-3-5-13(12)8-11/h2-8,10H,9H2,1H3. The predicted molar refractivity (Wildman–Crippen MR) is 80.2 cm³/mol. The van der Waals surface area contributed by atoms with Crippen molar-refractivity contribution < 1.29 is 4.79 Å². The average Bonchev–Trinajstić information content (AvgIpc) is 2.78. The van der Waals surface area contributed by atoms with Crippen LogP contribution >= 0.6 is 11.6 Å². The molecule has 0 saturated carbocycles. The average molecular weight is 285 g/mol. The molecule has 4 heteroatoms. The van der Waals surface area contributed by atoms with E-state index in [9.17, 15) is 4.79 Å². The summed E-state index contributed by atoms with van der Waals surface area (Å²) in [5.74, 6) is -0.0229. The van der Waals surface area contributed by atoms with Crippen LogP contribution in [0, 0.1) is 0 Å². The summed E-state index contributed by atoms with van der Waals surface area (Å²) in [6, 6.07) is 14.1. The Hall–Kier alpha value is -2.13. The largest absolute Gasteiger partial charge is 0.292 e. The molecule has 0 aliphatic heterocycles. The minimum absolute atomic E-state index is 0.0229. The van der Waals surface area contributed by atoms with E-state index in [1.807, 2.05) is 36.4 Å². The maximum absolute atomic E-state index is 12.3. The molecular weight excluding hydrogens is 272 g/mol. The van der Waals surface area contributed by atoms with E-state index in [0.717, 1.165) is 10.9 Å². The van der Waals surface area contributed by atoms with E-state index >= 15 is 0 Å². The molecule has 1 aromatic heterocycles. The van der Waals surface area contributed by atoms with E-state index in [-0.39, 0.29) is 5.78 Å². The molecule has 3 aromatic rings. The summed E-state index contributed by atoms with van der Waals surface area (Å²) in [4.78, 5) is 12.3. The zero-order valence-electron chi connectivity index (χ0n) is 11.0. The number of rotatable bonds is 3. The molecule has 0 spiro atoms. The van der Waals surface area contributed by atoms with Crippen LogP contribution < -0.4 is 0 Å². The van der Waals surface area contributed by atoms with Crippen molar-refractivity contribution in [3.8, 4) is 0 Å². The highest BCUT2D eigenvalue weighted by molar-refractivity contribution is 6.33. The number of halogens is 1. The lowest BCUT2D eigenvalue weighted by atomic mass is 10.0. The van der Waals surface area contributed by atoms with Gasteiger partial charge in [0, 0.05) is 13.5 Å². The monoisotopic (exact) mass is 284 g/mol. The smallest absolute Gasteiger partial charge is 0.186 e. The maximum Gasteiger partial charge on any atom is 0.186 e. The number of hydrogen-bond acceptors (Lipinski definition) is 2. The summed E-state index contributed by atoms with van der Waals surface area (Å²) in [5.41, 5.74) is 1.44. The molecule has 0 bridgehead atoms. The zero-order chi connectivity index (χ0) is 14.1. The molecule has 0 N–H and O–H groups in total. The molecule has 0 saturated heterocycles. The minimum Gasteiger partial charge on any atom is -0.292 e. The van der Waals surface area contributed by atoms with Crippen LogP contribution in [0.15, 0.2) is 48.7 Å². The number of benzene rings is 2. The van der Waals surface area contributed by atoms with Crippen molar-refractivity contribution in [1.82, 2.24) is 9.78 Å². The van der Waals surface area contributed by atoms with Gasteiger partial charge in [0.15, 0.2) is 5.78 Å². The highest BCUT2D eigenvalue weighted by Crippen LogP contribution is 2.19. The summed E-state index contributed by atoms with van der Waals surface area (Å²) in [6.45, 7) is 0. The van der Waals surface area contributed by atoms with Crippen LogP contribution in [0.2, 0.25) is 5.02 Å². The first kappa shape index (κ1) is 12.9. The van der Waals surface area contributed by atoms with E-state index < -0.39 is 0 Å². The fourth-order valence-electron chi connectivity index (χ4n) is 2.34. The Bertz CT molecular complexity index is 773. The molecule has 3 nitrogen and oxygen atoms in total. The fraction of sp³-hybridized carbons (Fsp3) is 0.125. The van der Waals surface area contributed by atoms with E-state index in [4.69, 9.17) is 11.6 Å². The van der Waals surface area contributed by atoms with E-state index in [1.165, 1.54) is 16.3 Å². The molecule has 20 heavy (non-hydrogen) atoms. The zero-order valence-corrected chi connectivity index (χ0v) is 11.8. The van der Waals surface area contributed by atoms with E-state index in [1.54, 1.807) is 7.05 Å². The highest BCUT2D eigenvalue weighted by atomic mass is 35.5. The van der Waals surface area contributed by atoms with Crippen molar-refractivity contribution >= 4 is 28.2 Å². The Morgan fingerprint density at radius 2 is 1.95 bits per heavy atom. The Labute approximate surface area is 121 Å². The van der Waals surface area contributed by atoms with Gasteiger partial charge in [-0.2, -0.15) is 5.10 Å². The molecule has 0 amide bonds. The van der Waals surface area contributed by atoms with Gasteiger partial charge in [-0.3, -0.25) is 9.48 Å². The SMILES string of the molecule is Cn1ncc(Cl)c1C(=O)Cc1ccc2ccccc2c1. The third-order valence-electron chi connectivity index (χ3n) is 3.34. The van der Waals surface area contributed by atoms with Crippen LogP contribution in [-0.4, -0.2) is 15.6 Å². The number of nitrogens with zero attached hydrogens (tertiary/aromatic N) is 2. The third kappa shape index (κ3) is 2.32. The van der Waals surface area contributed by atoms with Gasteiger partial charge in [0.05, 0.1) is 11.2 Å². The number of hydrogen-bond donors (Lipinski definition) is 0. The first-order valence-electron chi connectivity index (χ1n) is 6.33. The van der Waals surface area contributed by atoms with Crippen LogP contribution in [0.5, 0.6) is 0 Å². The summed E-state index contributed by atoms with van der Waals surface area (Å²) in [6.07, 6.45) is 1.82. The quantitative estimate of drug-likeness (QED) is 0.688. The summed E-state index contributed by atoms with van der Waals surface area (Å²) in [5, 5.41) is 6.70. The number of ketones is 1. The van der Waals surface area contributed by atoms with E-state index in [0.29, 0.717) is 17.1 Å². The van der Waals surface area contributed by atoms with Crippen molar-refractivity contribution in [2.24, 2.45) is 7.05 Å². The van der Waals surface area contributed by atoms with Crippen molar-refractivity contribution in [3.05, 3.63) is 64.9 Å². The first-order valence-corrected chi connectivity index (χ1v) is 6.71. The van der Waals surface area contributed by atoms with Gasteiger partial charge in [0.2, 0.25) is 0 Å². The number of fused-ring (bicyclic) bond motifs is 1. The fourth-order valence-corrected chi connectivity index (χ4v) is 2.61. The normalized spacial score (nSPS) is 10.9. The molecule has 3 rings (SSSR count). The summed E-state index contributed by atoms with van der Waals surface area (Å²) < 4.78 is 1.52. The lowest BCUT2D eigenvalue weighted by Crippen LogP contribution is -2.10. The molecule has 0 fully saturated rings. The van der Waals surface area contributed by atoms with Crippen LogP contribution in [-0.2, 0) is 13.5 Å². The number of carbonyl (C=O) groups excluding carboxylic acids is 1. The second-order valence-electron chi connectivity index (χ2n) is 4.75. The molecule has 100 valence electrons. The molecule has 1 heterocycles. The highest BCUT2D eigenvalue weighted by Gasteiger charge is 2.16. The van der Waals surface area contributed by atoms with Crippen LogP contribution in [0.3, 0.4) is 0 Å². The lowest BCUT2D eigenvalue weighted by molar-refractivity contribution is 0.0984. The van der Waals surface area contributed by atoms with Crippen molar-refractivity contribution in [2.75, 3.05) is 0 Å². The molecular formula is C16H13ClN2O. The number of carbonyl (C=O) groups is 1. The van der Waals surface area contributed by atoms with Gasteiger partial charge in [-0.1, -0.05) is 54.1 Å². The first-order chi connectivity index (χ1) is 9.65. The van der Waals surface area contributed by atoms with Crippen molar-refractivity contribution in [1.29, 1.82) is 0 Å². The molecule has 0 unspecified atom stereocenters. The van der Waals surface area contributed by atoms with Gasteiger partial charge >= 0.3 is 0 Å². The second-order valence-corrected chi connectivity index (χ2v) is 5.15. The Morgan fingerprint density at radius 3 is 2.65 bits per heavy atom. The maximum atomic E-state index is 12.3. The van der Waals surface area contributed by atoms with Gasteiger partial charge in [0.1, 0.15) is 5.69 Å². The minimum atomic E-state index is -0.0229. The van der Waals surface area contributed by atoms with Gasteiger partial charge in [-0.05, 0) is 16.3 Å². The number of Topliss-reactive ketones (excluding diaryl/α,β-unsaturated/α-hetero) is 1. The molecule has 0 radical (unpaired) electrons. The third-order valence-corrected chi connectivity index (χ3v) is 3.61. The number of aryl methyl sites for hydroxylation is 1.